The van der Waals surface area contributed by atoms with E-state index in [0.717, 1.165) is 0 Å². The summed E-state index contributed by atoms with van der Waals surface area (Å²) < 4.78 is 0. The second kappa shape index (κ2) is 40.2. The molecule has 0 aliphatic carbocycles. The third kappa shape index (κ3) is 12.9. The Balaban J connectivity index is -0.00000000500. The van der Waals surface area contributed by atoms with E-state index in [1.807, 2.05) is 0 Å². The number of hydrogen-bond acceptors (Lipinski definition) is 1. The summed E-state index contributed by atoms with van der Waals surface area (Å²) >= 11 is 0. The van der Waals surface area contributed by atoms with Gasteiger partial charge in [0.05, 0.1) is 0 Å². The van der Waals surface area contributed by atoms with Gasteiger partial charge >= 0.3 is 27.7 Å². The van der Waals surface area contributed by atoms with Crippen LogP contribution in [0.15, 0.2) is 0 Å². The molecular weight excluding hydrogens is 307 g/mol. The maximum absolute atomic E-state index is 6.25. The van der Waals surface area contributed by atoms with Gasteiger partial charge in [0.2, 0.25) is 0 Å². The van der Waals surface area contributed by atoms with Crippen molar-refractivity contribution in [1.29, 1.82) is 5.26 Å². The van der Waals surface area contributed by atoms with Gasteiger partial charge < -0.3 is 28.8 Å². The van der Waals surface area contributed by atoms with Crippen LogP contribution in [0, 0.1) is 11.8 Å². The van der Waals surface area contributed by atoms with E-state index in [9.17, 15) is 0 Å². The van der Waals surface area contributed by atoms with Gasteiger partial charge in [-0.1, -0.05) is 0 Å². The smallest absolute Gasteiger partial charge is 1.00 e. The van der Waals surface area contributed by atoms with Gasteiger partial charge in [0.15, 0.2) is 0 Å². The van der Waals surface area contributed by atoms with Crippen LogP contribution in [0.2, 0.25) is 0 Å². The van der Waals surface area contributed by atoms with Crippen LogP contribution in [-0.2, 0) is 27.7 Å². The van der Waals surface area contributed by atoms with Gasteiger partial charge in [0.25, 0.3) is 0 Å². The summed E-state index contributed by atoms with van der Waals surface area (Å²) in [7, 11) is 0. The fourth-order valence-corrected chi connectivity index (χ4v) is 0. The van der Waals surface area contributed by atoms with Crippen molar-refractivity contribution < 1.29 is 44.7 Å². The number of rotatable bonds is 0. The average molecular weight is 307 g/mol. The molecule has 0 spiro atoms. The van der Waals surface area contributed by atoms with Gasteiger partial charge in [-0.25, -0.2) is 0 Å². The molecule has 0 bridgehead atoms. The van der Waals surface area contributed by atoms with Gasteiger partial charge in [-0.05, 0) is 0 Å². The van der Waals surface area contributed by atoms with Gasteiger partial charge in [-0.2, -0.15) is 0 Å². The molecule has 0 rings (SSSR count). The maximum atomic E-state index is 6.25. The minimum Gasteiger partial charge on any atom is -1.00 e. The summed E-state index contributed by atoms with van der Waals surface area (Å²) in [6.07, 6.45) is 0. The molecule has 0 fully saturated rings. The normalized spacial score (nSPS) is 0.500. The summed E-state index contributed by atoms with van der Waals surface area (Å²) in [5.74, 6) is 0. The minimum atomic E-state index is 0. The monoisotopic (exact) mass is 307 g/mol. The molecule has 3 heteroatoms. The van der Waals surface area contributed by atoms with E-state index < -0.39 is 0 Å². The molecule has 0 aromatic carbocycles. The Labute approximate surface area is 56.3 Å². The Kier molecular flexibility index (Phi) is 207. The van der Waals surface area contributed by atoms with E-state index >= 15 is 0 Å². The van der Waals surface area contributed by atoms with Crippen molar-refractivity contribution in [3.63, 3.8) is 0 Å². The molecule has 0 aromatic rings. The quantitative estimate of drug-likeness (QED) is 0.348. The molecule has 0 unspecified atom stereocenters. The van der Waals surface area contributed by atoms with E-state index in [2.05, 4.69) is 0 Å². The van der Waals surface area contributed by atoms with Gasteiger partial charge in [-0.3, -0.25) is 0 Å². The second-order valence-electron chi connectivity index (χ2n) is 0. The van der Waals surface area contributed by atoms with Crippen LogP contribution in [0.1, 0.15) is 0 Å². The molecule has 0 radical (unpaired) electrons. The Hall–Kier alpha value is 0.905. The van der Waals surface area contributed by atoms with Crippen LogP contribution in [0.4, 0.5) is 0 Å². The van der Waals surface area contributed by atoms with Crippen LogP contribution in [0.25, 0.3) is 0 Å². The fraction of sp³-hybridized carbons (Fsp3) is 0. The SMILES string of the molecule is [Br-].[C-]#N.[Hg+2]. The molecule has 1 nitrogen and oxygen atoms in total. The van der Waals surface area contributed by atoms with Gasteiger partial charge in [-0.15, -0.1) is 0 Å². The van der Waals surface area contributed by atoms with Crippen molar-refractivity contribution in [3.8, 4) is 0 Å². The van der Waals surface area contributed by atoms with E-state index in [1.54, 1.807) is 0 Å². The number of halogens is 1. The van der Waals surface area contributed by atoms with Crippen LogP contribution >= 0.6 is 0 Å². The standard InChI is InChI=1S/CN.BrH.Hg/c1-2;;/h;1H;/q-1;;+2/p-1. The second-order valence-corrected chi connectivity index (χ2v) is 0. The largest absolute Gasteiger partial charge is 2.00 e. The predicted molar refractivity (Wildman–Crippen MR) is 4.97 cm³/mol. The van der Waals surface area contributed by atoms with Crippen LogP contribution in [0.5, 0.6) is 0 Å². The molecule has 0 N–H and O–H groups in total. The number of hydrogen-bond donors (Lipinski definition) is 0. The first kappa shape index (κ1) is 20.6. The summed E-state index contributed by atoms with van der Waals surface area (Å²) in [5.41, 5.74) is 0. The first-order valence-corrected chi connectivity index (χ1v) is 0.224. The average Bonchev–Trinajstić information content (AvgIpc) is 1.00. The molecule has 0 atom stereocenters. The van der Waals surface area contributed by atoms with Gasteiger partial charge in [0.1, 0.15) is 0 Å². The molecule has 0 aromatic heterocycles. The molecule has 0 aliphatic rings. The van der Waals surface area contributed by atoms with Crippen LogP contribution < -0.4 is 17.0 Å². The fourth-order valence-electron chi connectivity index (χ4n) is 0. The molecule has 0 heterocycles. The van der Waals surface area contributed by atoms with E-state index in [1.165, 1.54) is 0 Å². The topological polar surface area (TPSA) is 23.8 Å². The molecule has 0 aliphatic heterocycles. The summed E-state index contributed by atoms with van der Waals surface area (Å²) in [5, 5.41) is 6.25. The third-order valence-corrected chi connectivity index (χ3v) is 0. The van der Waals surface area contributed by atoms with Crippen molar-refractivity contribution in [3.05, 3.63) is 6.57 Å². The van der Waals surface area contributed by atoms with Gasteiger partial charge in [0, 0.05) is 0 Å². The Bertz CT molecular complexity index is 12.8. The number of nitrogens with zero attached hydrogens (tertiary/aromatic N) is 1. The molecule has 0 saturated heterocycles. The molecule has 0 amide bonds. The summed E-state index contributed by atoms with van der Waals surface area (Å²) in [4.78, 5) is 0. The minimum absolute atomic E-state index is 0. The zero-order valence-electron chi connectivity index (χ0n) is 2.03. The Morgan fingerprint density at radius 1 is 1.25 bits per heavy atom. The maximum Gasteiger partial charge on any atom is 2.00 e. The van der Waals surface area contributed by atoms with E-state index in [4.69, 9.17) is 11.8 Å². The summed E-state index contributed by atoms with van der Waals surface area (Å²) in [6.45, 7) is 4.75. The zero-order valence-corrected chi connectivity index (χ0v) is 9.12. The first-order valence-electron chi connectivity index (χ1n) is 0.224. The van der Waals surface area contributed by atoms with Crippen molar-refractivity contribution >= 4 is 0 Å². The van der Waals surface area contributed by atoms with Crippen molar-refractivity contribution in [1.82, 2.24) is 0 Å². The molecule has 18 valence electrons. The predicted octanol–water partition coefficient (Wildman–Crippen LogP) is -2.90. The van der Waals surface area contributed by atoms with Crippen LogP contribution in [-0.4, -0.2) is 0 Å². The summed E-state index contributed by atoms with van der Waals surface area (Å²) in [6, 6.07) is 0. The van der Waals surface area contributed by atoms with Crippen molar-refractivity contribution in [2.24, 2.45) is 0 Å². The molecule has 0 saturated carbocycles. The third-order valence-electron chi connectivity index (χ3n) is 0. The van der Waals surface area contributed by atoms with E-state index in [0.29, 0.717) is 0 Å². The van der Waals surface area contributed by atoms with Crippen LogP contribution in [0.3, 0.4) is 0 Å². The van der Waals surface area contributed by atoms with E-state index in [-0.39, 0.29) is 44.7 Å². The Morgan fingerprint density at radius 2 is 1.25 bits per heavy atom. The molecular formula is CBrHgN. The van der Waals surface area contributed by atoms with Crippen molar-refractivity contribution in [2.75, 3.05) is 0 Å². The Morgan fingerprint density at radius 3 is 1.25 bits per heavy atom. The van der Waals surface area contributed by atoms with Crippen molar-refractivity contribution in [2.45, 2.75) is 0 Å². The molecule has 4 heavy (non-hydrogen) atoms. The zero-order chi connectivity index (χ0) is 2.00. The first-order chi connectivity index (χ1) is 1.00.